The summed E-state index contributed by atoms with van der Waals surface area (Å²) in [5.41, 5.74) is 4.34. The molecule has 0 aliphatic heterocycles. The number of esters is 1. The third-order valence-corrected chi connectivity index (χ3v) is 5.37. The van der Waals surface area contributed by atoms with Crippen molar-refractivity contribution in [2.24, 2.45) is 0 Å². The second-order valence-electron chi connectivity index (χ2n) is 6.93. The van der Waals surface area contributed by atoms with E-state index < -0.39 is 5.97 Å². The Morgan fingerprint density at radius 1 is 1.06 bits per heavy atom. The predicted octanol–water partition coefficient (Wildman–Crippen LogP) is 5.41. The van der Waals surface area contributed by atoms with Crippen LogP contribution in [0.25, 0.3) is 22.2 Å². The molecule has 0 saturated heterocycles. The van der Waals surface area contributed by atoms with Crippen molar-refractivity contribution in [1.29, 1.82) is 0 Å². The van der Waals surface area contributed by atoms with Gasteiger partial charge in [0, 0.05) is 33.5 Å². The van der Waals surface area contributed by atoms with E-state index in [0.717, 1.165) is 15.6 Å². The molecular formula is C24H18BrN3O3. The normalized spacial score (nSPS) is 10.7. The Hall–Kier alpha value is -3.58. The second kappa shape index (κ2) is 8.65. The number of ether oxygens (including phenoxy) is 1. The van der Waals surface area contributed by atoms with Gasteiger partial charge in [-0.1, -0.05) is 22.0 Å². The van der Waals surface area contributed by atoms with Gasteiger partial charge in [-0.2, -0.15) is 0 Å². The molecule has 0 atom stereocenters. The van der Waals surface area contributed by atoms with E-state index in [1.54, 1.807) is 36.7 Å². The van der Waals surface area contributed by atoms with E-state index in [-0.39, 0.29) is 5.91 Å². The number of aromatic nitrogens is 2. The summed E-state index contributed by atoms with van der Waals surface area (Å²) in [6.07, 6.45) is 3.39. The van der Waals surface area contributed by atoms with Crippen LogP contribution in [-0.4, -0.2) is 29.0 Å². The van der Waals surface area contributed by atoms with Crippen LogP contribution in [0.15, 0.2) is 71.5 Å². The summed E-state index contributed by atoms with van der Waals surface area (Å²) in [5, 5.41) is 3.64. The fourth-order valence-electron chi connectivity index (χ4n) is 3.24. The van der Waals surface area contributed by atoms with Crippen LogP contribution >= 0.6 is 15.9 Å². The fraction of sp³-hybridized carbons (Fsp3) is 0.0833. The Labute approximate surface area is 187 Å². The molecule has 2 aromatic carbocycles. The van der Waals surface area contributed by atoms with E-state index in [1.807, 2.05) is 37.3 Å². The van der Waals surface area contributed by atoms with Gasteiger partial charge in [0.1, 0.15) is 0 Å². The quantitative estimate of drug-likeness (QED) is 0.399. The van der Waals surface area contributed by atoms with Crippen LogP contribution in [0.4, 0.5) is 5.69 Å². The van der Waals surface area contributed by atoms with Gasteiger partial charge in [-0.05, 0) is 61.0 Å². The predicted molar refractivity (Wildman–Crippen MR) is 123 cm³/mol. The molecule has 0 unspecified atom stereocenters. The van der Waals surface area contributed by atoms with Gasteiger partial charge in [0.25, 0.3) is 5.91 Å². The lowest BCUT2D eigenvalue weighted by atomic mass is 10.0. The molecule has 0 saturated carbocycles. The Balaban J connectivity index is 1.80. The minimum Gasteiger partial charge on any atom is -0.465 e. The van der Waals surface area contributed by atoms with Gasteiger partial charge >= 0.3 is 5.97 Å². The number of fused-ring (bicyclic) bond motifs is 1. The van der Waals surface area contributed by atoms with Crippen molar-refractivity contribution in [3.63, 3.8) is 0 Å². The van der Waals surface area contributed by atoms with Crippen molar-refractivity contribution in [2.75, 3.05) is 12.4 Å². The Morgan fingerprint density at radius 3 is 2.65 bits per heavy atom. The fourth-order valence-corrected chi connectivity index (χ4v) is 3.60. The summed E-state index contributed by atoms with van der Waals surface area (Å²) in [5.74, 6) is -0.770. The summed E-state index contributed by atoms with van der Waals surface area (Å²) < 4.78 is 5.63. The van der Waals surface area contributed by atoms with Crippen LogP contribution in [0.1, 0.15) is 26.3 Å². The van der Waals surface area contributed by atoms with E-state index >= 15 is 0 Å². The van der Waals surface area contributed by atoms with Crippen molar-refractivity contribution < 1.29 is 14.3 Å². The number of pyridine rings is 2. The molecule has 0 aliphatic rings. The lowest BCUT2D eigenvalue weighted by molar-refractivity contribution is 0.0600. The molecule has 7 heteroatoms. The lowest BCUT2D eigenvalue weighted by Crippen LogP contribution is -2.15. The van der Waals surface area contributed by atoms with Gasteiger partial charge in [0.05, 0.1) is 29.4 Å². The molecule has 31 heavy (non-hydrogen) atoms. The zero-order valence-corrected chi connectivity index (χ0v) is 18.4. The third kappa shape index (κ3) is 4.32. The summed E-state index contributed by atoms with van der Waals surface area (Å²) >= 11 is 3.47. The van der Waals surface area contributed by atoms with Gasteiger partial charge in [-0.15, -0.1) is 0 Å². The average molecular weight is 476 g/mol. The molecule has 1 amide bonds. The van der Waals surface area contributed by atoms with Crippen molar-refractivity contribution in [3.8, 4) is 11.3 Å². The maximum atomic E-state index is 13.3. The Morgan fingerprint density at radius 2 is 1.90 bits per heavy atom. The highest BCUT2D eigenvalue weighted by atomic mass is 79.9. The van der Waals surface area contributed by atoms with Crippen LogP contribution in [-0.2, 0) is 4.74 Å². The number of carbonyl (C=O) groups is 2. The molecule has 0 fully saturated rings. The van der Waals surface area contributed by atoms with Crippen molar-refractivity contribution in [2.45, 2.75) is 6.92 Å². The third-order valence-electron chi connectivity index (χ3n) is 4.88. The molecule has 0 spiro atoms. The number of amides is 1. The SMILES string of the molecule is COC(=O)c1ccc(C)c(NC(=O)c2cc(-c3cccnc3)nc3ccc(Br)cc23)c1. The molecular weight excluding hydrogens is 458 g/mol. The number of rotatable bonds is 4. The first-order valence-electron chi connectivity index (χ1n) is 9.47. The number of benzene rings is 2. The van der Waals surface area contributed by atoms with Gasteiger partial charge in [0.15, 0.2) is 0 Å². The van der Waals surface area contributed by atoms with Crippen molar-refractivity contribution >= 4 is 44.4 Å². The highest BCUT2D eigenvalue weighted by Crippen LogP contribution is 2.28. The van der Waals surface area contributed by atoms with E-state index in [4.69, 9.17) is 9.72 Å². The highest BCUT2D eigenvalue weighted by molar-refractivity contribution is 9.10. The number of hydrogen-bond donors (Lipinski definition) is 1. The number of nitrogens with one attached hydrogen (secondary N) is 1. The number of halogens is 1. The molecule has 154 valence electrons. The van der Waals surface area contributed by atoms with Gasteiger partial charge in [-0.25, -0.2) is 9.78 Å². The zero-order chi connectivity index (χ0) is 22.0. The topological polar surface area (TPSA) is 81.2 Å². The smallest absolute Gasteiger partial charge is 0.337 e. The molecule has 0 aliphatic carbocycles. The molecule has 4 aromatic rings. The average Bonchev–Trinajstić information content (AvgIpc) is 2.79. The van der Waals surface area contributed by atoms with Crippen LogP contribution in [0.5, 0.6) is 0 Å². The van der Waals surface area contributed by atoms with E-state index in [9.17, 15) is 9.59 Å². The summed E-state index contributed by atoms with van der Waals surface area (Å²) in [7, 11) is 1.32. The van der Waals surface area contributed by atoms with Gasteiger partial charge in [0.2, 0.25) is 0 Å². The summed E-state index contributed by atoms with van der Waals surface area (Å²) in [6.45, 7) is 1.86. The standard InChI is InChI=1S/C24H18BrN3O3/c1-14-5-6-15(24(30)31-2)10-21(14)28-23(29)19-12-22(16-4-3-9-26-13-16)27-20-8-7-17(25)11-18(19)20/h3-13H,1-2H3,(H,28,29). The Bertz CT molecular complexity index is 1310. The molecule has 6 nitrogen and oxygen atoms in total. The molecule has 0 radical (unpaired) electrons. The van der Waals surface area contributed by atoms with Gasteiger partial charge < -0.3 is 10.1 Å². The molecule has 0 bridgehead atoms. The second-order valence-corrected chi connectivity index (χ2v) is 7.85. The molecule has 2 aromatic heterocycles. The largest absolute Gasteiger partial charge is 0.465 e. The first kappa shape index (κ1) is 20.7. The van der Waals surface area contributed by atoms with Gasteiger partial charge in [-0.3, -0.25) is 9.78 Å². The number of nitrogens with zero attached hydrogens (tertiary/aromatic N) is 2. The van der Waals surface area contributed by atoms with E-state index in [2.05, 4.69) is 26.2 Å². The number of carbonyl (C=O) groups excluding carboxylic acids is 2. The maximum Gasteiger partial charge on any atom is 0.337 e. The van der Waals surface area contributed by atoms with E-state index in [0.29, 0.717) is 33.4 Å². The molecule has 2 heterocycles. The number of hydrogen-bond acceptors (Lipinski definition) is 5. The maximum absolute atomic E-state index is 13.3. The minimum absolute atomic E-state index is 0.305. The molecule has 1 N–H and O–H groups in total. The van der Waals surface area contributed by atoms with Crippen molar-refractivity contribution in [1.82, 2.24) is 9.97 Å². The van der Waals surface area contributed by atoms with Crippen LogP contribution in [0.3, 0.4) is 0 Å². The zero-order valence-electron chi connectivity index (χ0n) is 16.8. The number of anilines is 1. The van der Waals surface area contributed by atoms with Crippen LogP contribution in [0.2, 0.25) is 0 Å². The lowest BCUT2D eigenvalue weighted by Gasteiger charge is -2.13. The number of aryl methyl sites for hydroxylation is 1. The minimum atomic E-state index is -0.465. The molecule has 4 rings (SSSR count). The Kier molecular flexibility index (Phi) is 5.77. The summed E-state index contributed by atoms with van der Waals surface area (Å²) in [4.78, 5) is 34.1. The number of methoxy groups -OCH3 is 1. The first-order chi connectivity index (χ1) is 15.0. The van der Waals surface area contributed by atoms with Crippen LogP contribution < -0.4 is 5.32 Å². The first-order valence-corrected chi connectivity index (χ1v) is 10.3. The monoisotopic (exact) mass is 475 g/mol. The van der Waals surface area contributed by atoms with Crippen LogP contribution in [0, 0.1) is 6.92 Å². The summed E-state index contributed by atoms with van der Waals surface area (Å²) in [6, 6.07) is 16.1. The van der Waals surface area contributed by atoms with E-state index in [1.165, 1.54) is 7.11 Å². The van der Waals surface area contributed by atoms with Crippen molar-refractivity contribution in [3.05, 3.63) is 88.2 Å². The highest BCUT2D eigenvalue weighted by Gasteiger charge is 2.17.